The first-order chi connectivity index (χ1) is 10.3. The number of rotatable bonds is 5. The number of carbonyl (C=O) groups is 1. The van der Waals surface area contributed by atoms with Gasteiger partial charge in [0.05, 0.1) is 0 Å². The normalized spacial score (nSPS) is 14.0. The molecule has 0 N–H and O–H groups in total. The van der Waals surface area contributed by atoms with Crippen molar-refractivity contribution in [3.05, 3.63) is 40.9 Å². The van der Waals surface area contributed by atoms with Crippen LogP contribution in [0.4, 0.5) is 10.8 Å². The Morgan fingerprint density at radius 1 is 1.24 bits per heavy atom. The first kappa shape index (κ1) is 14.3. The van der Waals surface area contributed by atoms with Crippen LogP contribution in [0.15, 0.2) is 30.3 Å². The minimum Gasteiger partial charge on any atom is -0.318 e. The molecule has 1 aliphatic carbocycles. The third kappa shape index (κ3) is 3.00. The zero-order valence-electron chi connectivity index (χ0n) is 12.3. The summed E-state index contributed by atoms with van der Waals surface area (Å²) >= 11 is 1.69. The number of hydrogen-bond acceptors (Lipinski definition) is 4. The molecule has 0 fully saturated rings. The summed E-state index contributed by atoms with van der Waals surface area (Å²) < 4.78 is 0. The van der Waals surface area contributed by atoms with Gasteiger partial charge in [0.2, 0.25) is 0 Å². The van der Waals surface area contributed by atoms with Gasteiger partial charge in [0.1, 0.15) is 5.69 Å². The molecule has 0 atom stereocenters. The van der Waals surface area contributed by atoms with Crippen molar-refractivity contribution in [1.82, 2.24) is 4.98 Å². The smallest absolute Gasteiger partial charge is 0.190 e. The highest BCUT2D eigenvalue weighted by molar-refractivity contribution is 7.16. The van der Waals surface area contributed by atoms with Crippen LogP contribution in [0.5, 0.6) is 0 Å². The second-order valence-corrected chi connectivity index (χ2v) is 6.45. The van der Waals surface area contributed by atoms with E-state index in [0.717, 1.165) is 48.7 Å². The number of aryl methyl sites for hydroxylation is 1. The minimum atomic E-state index is 0.210. The zero-order chi connectivity index (χ0) is 14.7. The molecule has 110 valence electrons. The number of para-hydroxylation sites is 1. The number of aromatic nitrogens is 1. The van der Waals surface area contributed by atoms with Crippen molar-refractivity contribution in [2.24, 2.45) is 0 Å². The van der Waals surface area contributed by atoms with Gasteiger partial charge < -0.3 is 4.90 Å². The SMILES string of the molecule is CCCCN(c1ccccc1)c1nc2c(s1)CCCC2=O. The van der Waals surface area contributed by atoms with E-state index in [0.29, 0.717) is 6.42 Å². The fourth-order valence-corrected chi connectivity index (χ4v) is 3.80. The van der Waals surface area contributed by atoms with Crippen LogP contribution in [0.25, 0.3) is 0 Å². The number of hydrogen-bond donors (Lipinski definition) is 0. The van der Waals surface area contributed by atoms with E-state index in [1.807, 2.05) is 18.2 Å². The molecule has 2 aromatic rings. The average Bonchev–Trinajstić information content (AvgIpc) is 2.94. The predicted octanol–water partition coefficient (Wildman–Crippen LogP) is 4.60. The van der Waals surface area contributed by atoms with Crippen LogP contribution in [0.2, 0.25) is 0 Å². The highest BCUT2D eigenvalue weighted by Crippen LogP contribution is 2.35. The van der Waals surface area contributed by atoms with E-state index in [1.165, 1.54) is 4.88 Å². The third-order valence-electron chi connectivity index (χ3n) is 3.79. The van der Waals surface area contributed by atoms with Crippen LogP contribution in [-0.4, -0.2) is 17.3 Å². The van der Waals surface area contributed by atoms with E-state index in [9.17, 15) is 4.79 Å². The molecule has 4 heteroatoms. The van der Waals surface area contributed by atoms with E-state index >= 15 is 0 Å². The maximum absolute atomic E-state index is 12.0. The van der Waals surface area contributed by atoms with Crippen molar-refractivity contribution in [3.63, 3.8) is 0 Å². The lowest BCUT2D eigenvalue weighted by atomic mass is 10.0. The number of ketones is 1. The van der Waals surface area contributed by atoms with E-state index in [2.05, 4.69) is 28.9 Å². The van der Waals surface area contributed by atoms with E-state index in [1.54, 1.807) is 11.3 Å². The van der Waals surface area contributed by atoms with Crippen molar-refractivity contribution >= 4 is 27.9 Å². The number of Topliss-reactive ketones (excluding diaryl/α,β-unsaturated/α-hetero) is 1. The number of anilines is 2. The highest BCUT2D eigenvalue weighted by atomic mass is 32.1. The van der Waals surface area contributed by atoms with Gasteiger partial charge in [-0.2, -0.15) is 0 Å². The lowest BCUT2D eigenvalue weighted by Gasteiger charge is -2.21. The summed E-state index contributed by atoms with van der Waals surface area (Å²) in [6, 6.07) is 10.3. The van der Waals surface area contributed by atoms with Crippen LogP contribution < -0.4 is 4.90 Å². The molecule has 1 aromatic heterocycles. The Labute approximate surface area is 129 Å². The Morgan fingerprint density at radius 2 is 2.05 bits per heavy atom. The molecule has 21 heavy (non-hydrogen) atoms. The monoisotopic (exact) mass is 300 g/mol. The van der Waals surface area contributed by atoms with Gasteiger partial charge in [0.25, 0.3) is 0 Å². The van der Waals surface area contributed by atoms with Gasteiger partial charge in [-0.05, 0) is 31.4 Å². The maximum Gasteiger partial charge on any atom is 0.190 e. The second-order valence-electron chi connectivity index (χ2n) is 5.39. The molecule has 3 nitrogen and oxygen atoms in total. The van der Waals surface area contributed by atoms with Gasteiger partial charge in [-0.15, -0.1) is 11.3 Å². The molecule has 0 bridgehead atoms. The molecule has 0 unspecified atom stereocenters. The van der Waals surface area contributed by atoms with Crippen LogP contribution in [-0.2, 0) is 6.42 Å². The Hall–Kier alpha value is -1.68. The summed E-state index contributed by atoms with van der Waals surface area (Å²) in [5.74, 6) is 0.210. The lowest BCUT2D eigenvalue weighted by Crippen LogP contribution is -2.18. The Bertz CT molecular complexity index is 621. The lowest BCUT2D eigenvalue weighted by molar-refractivity contribution is 0.0968. The topological polar surface area (TPSA) is 33.2 Å². The molecule has 1 aromatic carbocycles. The van der Waals surface area contributed by atoms with Gasteiger partial charge in [-0.3, -0.25) is 4.79 Å². The van der Waals surface area contributed by atoms with Crippen LogP contribution in [0, 0.1) is 0 Å². The van der Waals surface area contributed by atoms with Gasteiger partial charge >= 0.3 is 0 Å². The molecular weight excluding hydrogens is 280 g/mol. The largest absolute Gasteiger partial charge is 0.318 e. The number of nitrogens with zero attached hydrogens (tertiary/aromatic N) is 2. The zero-order valence-corrected chi connectivity index (χ0v) is 13.2. The highest BCUT2D eigenvalue weighted by Gasteiger charge is 2.24. The summed E-state index contributed by atoms with van der Waals surface area (Å²) in [6.07, 6.45) is 4.87. The number of thiazole rings is 1. The molecule has 1 heterocycles. The summed E-state index contributed by atoms with van der Waals surface area (Å²) in [5.41, 5.74) is 1.88. The molecule has 0 saturated carbocycles. The van der Waals surface area contributed by atoms with Crippen molar-refractivity contribution in [1.29, 1.82) is 0 Å². The van der Waals surface area contributed by atoms with Gasteiger partial charge in [-0.1, -0.05) is 31.5 Å². The van der Waals surface area contributed by atoms with Crippen molar-refractivity contribution < 1.29 is 4.79 Å². The minimum absolute atomic E-state index is 0.210. The molecule has 1 aliphatic rings. The van der Waals surface area contributed by atoms with Crippen LogP contribution in [0.1, 0.15) is 48.0 Å². The Morgan fingerprint density at radius 3 is 2.76 bits per heavy atom. The third-order valence-corrected chi connectivity index (χ3v) is 4.93. The summed E-state index contributed by atoms with van der Waals surface area (Å²) in [5, 5.41) is 0.968. The van der Waals surface area contributed by atoms with E-state index < -0.39 is 0 Å². The number of fused-ring (bicyclic) bond motifs is 1. The number of benzene rings is 1. The van der Waals surface area contributed by atoms with Crippen LogP contribution >= 0.6 is 11.3 Å². The quantitative estimate of drug-likeness (QED) is 0.809. The van der Waals surface area contributed by atoms with E-state index in [4.69, 9.17) is 0 Å². The van der Waals surface area contributed by atoms with Gasteiger partial charge in [0, 0.05) is 23.5 Å². The second kappa shape index (κ2) is 6.39. The van der Waals surface area contributed by atoms with Crippen molar-refractivity contribution in [2.45, 2.75) is 39.0 Å². The summed E-state index contributed by atoms with van der Waals surface area (Å²) in [4.78, 5) is 20.1. The first-order valence-electron chi connectivity index (χ1n) is 7.65. The first-order valence-corrected chi connectivity index (χ1v) is 8.46. The van der Waals surface area contributed by atoms with E-state index in [-0.39, 0.29) is 5.78 Å². The Kier molecular flexibility index (Phi) is 4.34. The summed E-state index contributed by atoms with van der Waals surface area (Å²) in [6.45, 7) is 3.14. The van der Waals surface area contributed by atoms with Crippen LogP contribution in [0.3, 0.4) is 0 Å². The molecular formula is C17H20N2OS. The fraction of sp³-hybridized carbons (Fsp3) is 0.412. The van der Waals surface area contributed by atoms with Gasteiger partial charge in [0.15, 0.2) is 10.9 Å². The molecule has 0 radical (unpaired) electrons. The Balaban J connectivity index is 1.95. The molecule has 0 amide bonds. The molecule has 0 spiro atoms. The number of carbonyl (C=O) groups excluding carboxylic acids is 1. The fourth-order valence-electron chi connectivity index (χ4n) is 2.63. The van der Waals surface area contributed by atoms with Crippen molar-refractivity contribution in [3.8, 4) is 0 Å². The summed E-state index contributed by atoms with van der Waals surface area (Å²) in [7, 11) is 0. The van der Waals surface area contributed by atoms with Gasteiger partial charge in [-0.25, -0.2) is 4.98 Å². The molecule has 0 aliphatic heterocycles. The maximum atomic E-state index is 12.0. The average molecular weight is 300 g/mol. The molecule has 0 saturated heterocycles. The van der Waals surface area contributed by atoms with Crippen molar-refractivity contribution in [2.75, 3.05) is 11.4 Å². The standard InChI is InChI=1S/C17H20N2OS/c1-2-3-12-19(13-8-5-4-6-9-13)17-18-16-14(20)10-7-11-15(16)21-17/h4-6,8-9H,2-3,7,10-12H2,1H3. The molecule has 3 rings (SSSR count). The predicted molar refractivity (Wildman–Crippen MR) is 87.7 cm³/mol. The number of unbranched alkanes of at least 4 members (excludes halogenated alkanes) is 1.